The number of aromatic nitrogens is 1. The molecule has 1 aliphatic rings. The van der Waals surface area contributed by atoms with Crippen LogP contribution in [0.4, 0.5) is 11.4 Å². The Hall–Kier alpha value is -3.67. The molecule has 0 saturated heterocycles. The van der Waals surface area contributed by atoms with E-state index in [-0.39, 0.29) is 6.04 Å². The first kappa shape index (κ1) is 20.6. The molecule has 1 aliphatic heterocycles. The van der Waals surface area contributed by atoms with Gasteiger partial charge < -0.3 is 15.5 Å². The Morgan fingerprint density at radius 2 is 1.90 bits per heavy atom. The summed E-state index contributed by atoms with van der Waals surface area (Å²) in [6, 6.07) is 17.8. The van der Waals surface area contributed by atoms with Crippen LogP contribution in [0.1, 0.15) is 28.3 Å². The summed E-state index contributed by atoms with van der Waals surface area (Å²) in [7, 11) is 0. The number of carbonyl (C=O) groups is 2. The summed E-state index contributed by atoms with van der Waals surface area (Å²) >= 11 is 0. The lowest BCUT2D eigenvalue weighted by Crippen LogP contribution is -2.42. The Labute approximate surface area is 182 Å². The summed E-state index contributed by atoms with van der Waals surface area (Å²) < 4.78 is 0. The second-order valence-electron chi connectivity index (χ2n) is 7.86. The minimum absolute atomic E-state index is 0.116. The predicted octanol–water partition coefficient (Wildman–Crippen LogP) is 3.56. The lowest BCUT2D eigenvalue weighted by molar-refractivity contribution is -0.136. The van der Waals surface area contributed by atoms with Crippen LogP contribution in [0.2, 0.25) is 0 Å². The van der Waals surface area contributed by atoms with Gasteiger partial charge in [-0.2, -0.15) is 0 Å². The highest BCUT2D eigenvalue weighted by atomic mass is 16.2. The number of pyridine rings is 1. The molecule has 0 fully saturated rings. The second kappa shape index (κ2) is 9.00. The third kappa shape index (κ3) is 4.58. The van der Waals surface area contributed by atoms with Gasteiger partial charge in [-0.25, -0.2) is 0 Å². The predicted molar refractivity (Wildman–Crippen MR) is 122 cm³/mol. The number of aryl methyl sites for hydroxylation is 2. The summed E-state index contributed by atoms with van der Waals surface area (Å²) in [6.45, 7) is 5.05. The summed E-state index contributed by atoms with van der Waals surface area (Å²) in [5.41, 5.74) is 6.10. The topological polar surface area (TPSA) is 74.3 Å². The molecule has 0 saturated carbocycles. The summed E-state index contributed by atoms with van der Waals surface area (Å²) in [6.07, 6.45) is 4.50. The smallest absolute Gasteiger partial charge is 0.313 e. The van der Waals surface area contributed by atoms with Crippen LogP contribution in [-0.2, 0) is 16.0 Å². The van der Waals surface area contributed by atoms with Crippen LogP contribution in [0.3, 0.4) is 0 Å². The van der Waals surface area contributed by atoms with E-state index in [4.69, 9.17) is 0 Å². The van der Waals surface area contributed by atoms with E-state index < -0.39 is 11.8 Å². The molecule has 31 heavy (non-hydrogen) atoms. The molecule has 4 rings (SSSR count). The average molecular weight is 415 g/mol. The second-order valence-corrected chi connectivity index (χ2v) is 7.86. The molecule has 6 heteroatoms. The van der Waals surface area contributed by atoms with Crippen molar-refractivity contribution in [3.8, 4) is 0 Å². The molecule has 2 heterocycles. The van der Waals surface area contributed by atoms with E-state index in [0.29, 0.717) is 12.2 Å². The number of carbonyl (C=O) groups excluding carboxylic acids is 2. The number of benzene rings is 2. The van der Waals surface area contributed by atoms with E-state index in [0.717, 1.165) is 35.3 Å². The van der Waals surface area contributed by atoms with Crippen molar-refractivity contribution in [1.82, 2.24) is 10.3 Å². The largest absolute Gasteiger partial charge is 0.362 e. The number of para-hydroxylation sites is 1. The molecular formula is C25H26N4O2. The van der Waals surface area contributed by atoms with Crippen LogP contribution in [-0.4, -0.2) is 29.9 Å². The first-order valence-corrected chi connectivity index (χ1v) is 10.4. The monoisotopic (exact) mass is 414 g/mol. The van der Waals surface area contributed by atoms with Crippen molar-refractivity contribution < 1.29 is 9.59 Å². The van der Waals surface area contributed by atoms with Crippen molar-refractivity contribution >= 4 is 23.2 Å². The summed E-state index contributed by atoms with van der Waals surface area (Å²) in [5, 5.41) is 5.53. The van der Waals surface area contributed by atoms with Crippen molar-refractivity contribution in [2.24, 2.45) is 0 Å². The quantitative estimate of drug-likeness (QED) is 0.626. The highest BCUT2D eigenvalue weighted by molar-refractivity contribution is 6.39. The van der Waals surface area contributed by atoms with Crippen LogP contribution in [0, 0.1) is 13.8 Å². The van der Waals surface area contributed by atoms with Gasteiger partial charge in [0.2, 0.25) is 0 Å². The minimum Gasteiger partial charge on any atom is -0.362 e. The van der Waals surface area contributed by atoms with Crippen molar-refractivity contribution in [2.45, 2.75) is 26.3 Å². The highest BCUT2D eigenvalue weighted by Crippen LogP contribution is 2.34. The van der Waals surface area contributed by atoms with E-state index in [2.05, 4.69) is 32.7 Å². The zero-order valence-electron chi connectivity index (χ0n) is 17.8. The molecule has 0 bridgehead atoms. The maximum Gasteiger partial charge on any atom is 0.313 e. The summed E-state index contributed by atoms with van der Waals surface area (Å²) in [5.74, 6) is -1.32. The average Bonchev–Trinajstić information content (AvgIpc) is 3.20. The van der Waals surface area contributed by atoms with Gasteiger partial charge in [-0.15, -0.1) is 0 Å². The lowest BCUT2D eigenvalue weighted by Gasteiger charge is -2.30. The van der Waals surface area contributed by atoms with Gasteiger partial charge in [0.1, 0.15) is 0 Å². The lowest BCUT2D eigenvalue weighted by atomic mass is 10.1. The normalized spacial score (nSPS) is 13.4. The van der Waals surface area contributed by atoms with Gasteiger partial charge in [-0.1, -0.05) is 42.0 Å². The van der Waals surface area contributed by atoms with Gasteiger partial charge >= 0.3 is 11.8 Å². The number of fused-ring (bicyclic) bond motifs is 1. The first-order valence-electron chi connectivity index (χ1n) is 10.4. The number of nitrogens with zero attached hydrogens (tertiary/aromatic N) is 2. The fourth-order valence-electron chi connectivity index (χ4n) is 4.07. The molecular weight excluding hydrogens is 388 g/mol. The van der Waals surface area contributed by atoms with Gasteiger partial charge in [0.25, 0.3) is 0 Å². The molecule has 0 radical (unpaired) electrons. The number of hydrogen-bond acceptors (Lipinski definition) is 4. The zero-order chi connectivity index (χ0) is 21.8. The number of nitrogens with one attached hydrogen (secondary N) is 2. The van der Waals surface area contributed by atoms with Crippen LogP contribution >= 0.6 is 0 Å². The molecule has 158 valence electrons. The molecule has 6 nitrogen and oxygen atoms in total. The summed E-state index contributed by atoms with van der Waals surface area (Å²) in [4.78, 5) is 31.6. The van der Waals surface area contributed by atoms with E-state index in [1.165, 1.54) is 5.56 Å². The number of anilines is 2. The fraction of sp³-hybridized carbons (Fsp3) is 0.240. The minimum atomic E-state index is -0.668. The fourth-order valence-corrected chi connectivity index (χ4v) is 4.07. The van der Waals surface area contributed by atoms with Crippen molar-refractivity contribution in [3.05, 3.63) is 89.2 Å². The van der Waals surface area contributed by atoms with Gasteiger partial charge in [0.05, 0.1) is 6.04 Å². The van der Waals surface area contributed by atoms with Crippen LogP contribution < -0.4 is 15.5 Å². The molecule has 0 unspecified atom stereocenters. The van der Waals surface area contributed by atoms with E-state index in [9.17, 15) is 9.59 Å². The van der Waals surface area contributed by atoms with Crippen molar-refractivity contribution in [2.75, 3.05) is 23.3 Å². The Bertz CT molecular complexity index is 1100. The van der Waals surface area contributed by atoms with E-state index in [1.54, 1.807) is 6.20 Å². The number of rotatable bonds is 5. The van der Waals surface area contributed by atoms with Gasteiger partial charge in [-0.05, 0) is 55.2 Å². The number of hydrogen-bond donors (Lipinski definition) is 2. The van der Waals surface area contributed by atoms with Crippen LogP contribution in [0.25, 0.3) is 0 Å². The molecule has 2 N–H and O–H groups in total. The highest BCUT2D eigenvalue weighted by Gasteiger charge is 2.28. The van der Waals surface area contributed by atoms with Gasteiger partial charge in [0, 0.05) is 36.9 Å². The Kier molecular flexibility index (Phi) is 5.98. The van der Waals surface area contributed by atoms with E-state index in [1.807, 2.05) is 62.5 Å². The van der Waals surface area contributed by atoms with Gasteiger partial charge in [-0.3, -0.25) is 14.6 Å². The molecule has 3 aromatic rings. The Morgan fingerprint density at radius 3 is 2.68 bits per heavy atom. The van der Waals surface area contributed by atoms with E-state index >= 15 is 0 Å². The zero-order valence-corrected chi connectivity index (χ0v) is 17.8. The van der Waals surface area contributed by atoms with Crippen LogP contribution in [0.15, 0.2) is 67.0 Å². The van der Waals surface area contributed by atoms with Crippen molar-refractivity contribution in [3.63, 3.8) is 0 Å². The maximum absolute atomic E-state index is 12.6. The first-order chi connectivity index (χ1) is 15.0. The molecule has 2 amide bonds. The molecule has 2 aromatic carbocycles. The maximum atomic E-state index is 12.6. The Balaban J connectivity index is 1.48. The Morgan fingerprint density at radius 1 is 1.06 bits per heavy atom. The third-order valence-electron chi connectivity index (χ3n) is 5.66. The van der Waals surface area contributed by atoms with Gasteiger partial charge in [0.15, 0.2) is 0 Å². The van der Waals surface area contributed by atoms with Crippen molar-refractivity contribution in [1.29, 1.82) is 0 Å². The third-order valence-corrected chi connectivity index (χ3v) is 5.66. The molecule has 0 spiro atoms. The SMILES string of the molecule is Cc1ccc(NC(=O)C(=O)NC[C@@H](c2cccnc2)N2CCc3ccccc32)c(C)c1. The standard InChI is InChI=1S/C25H26N4O2/c1-17-9-10-21(18(2)14-17)28-25(31)24(30)27-16-23(20-7-5-12-26-15-20)29-13-11-19-6-3-4-8-22(19)29/h3-10,12,14-15,23H,11,13,16H2,1-2H3,(H,27,30)(H,28,31)/t23-/m0/s1. The molecule has 0 aliphatic carbocycles. The van der Waals surface area contributed by atoms with Crippen LogP contribution in [0.5, 0.6) is 0 Å². The molecule has 1 atom stereocenters. The number of amides is 2. The molecule has 1 aromatic heterocycles.